The number of hydrogen-bond donors (Lipinski definition) is 0. The second-order valence-electron chi connectivity index (χ2n) is 6.06. The molecule has 0 saturated heterocycles. The van der Waals surface area contributed by atoms with Crippen molar-refractivity contribution >= 4 is 34.2 Å². The molecule has 4 heteroatoms. The van der Waals surface area contributed by atoms with Crippen LogP contribution in [0.5, 0.6) is 0 Å². The number of rotatable bonds is 2. The Morgan fingerprint density at radius 1 is 1.25 bits per heavy atom. The first kappa shape index (κ1) is 14.2. The molecule has 0 spiro atoms. The number of alkyl halides is 1. The van der Waals surface area contributed by atoms with E-state index < -0.39 is 0 Å². The van der Waals surface area contributed by atoms with Crippen molar-refractivity contribution in [3.8, 4) is 0 Å². The van der Waals surface area contributed by atoms with Gasteiger partial charge in [-0.15, -0.1) is 11.6 Å². The first-order chi connectivity index (χ1) is 9.61. The van der Waals surface area contributed by atoms with E-state index in [9.17, 15) is 0 Å². The lowest BCUT2D eigenvalue weighted by Crippen LogP contribution is -2.24. The number of para-hydroxylation sites is 1. The molecule has 20 heavy (non-hydrogen) atoms. The third-order valence-corrected chi connectivity index (χ3v) is 5.33. The lowest BCUT2D eigenvalue weighted by Gasteiger charge is -2.34. The van der Waals surface area contributed by atoms with E-state index in [2.05, 4.69) is 23.4 Å². The van der Waals surface area contributed by atoms with Gasteiger partial charge in [0.25, 0.3) is 0 Å². The van der Waals surface area contributed by atoms with Gasteiger partial charge in [0.15, 0.2) is 0 Å². The van der Waals surface area contributed by atoms with Crippen LogP contribution < -0.4 is 0 Å². The second kappa shape index (κ2) is 5.57. The SMILES string of the molecule is CC1CCC(n2c(CCl)nc3cccc(Cl)c32)CC1C. The summed E-state index contributed by atoms with van der Waals surface area (Å²) in [6.07, 6.45) is 3.63. The van der Waals surface area contributed by atoms with Gasteiger partial charge in [-0.2, -0.15) is 0 Å². The monoisotopic (exact) mass is 310 g/mol. The van der Waals surface area contributed by atoms with Crippen molar-refractivity contribution < 1.29 is 0 Å². The summed E-state index contributed by atoms with van der Waals surface area (Å²) in [6, 6.07) is 6.38. The molecular formula is C16H20Cl2N2. The third kappa shape index (κ3) is 2.33. The molecule has 1 aliphatic rings. The Morgan fingerprint density at radius 3 is 2.75 bits per heavy atom. The summed E-state index contributed by atoms with van der Waals surface area (Å²) in [7, 11) is 0. The third-order valence-electron chi connectivity index (χ3n) is 4.79. The number of fused-ring (bicyclic) bond motifs is 1. The highest BCUT2D eigenvalue weighted by molar-refractivity contribution is 6.35. The molecule has 1 aromatic heterocycles. The minimum absolute atomic E-state index is 0.436. The number of benzene rings is 1. The van der Waals surface area contributed by atoms with Crippen LogP contribution in [0, 0.1) is 11.8 Å². The molecule has 1 aliphatic carbocycles. The Morgan fingerprint density at radius 2 is 2.05 bits per heavy atom. The van der Waals surface area contributed by atoms with Crippen LogP contribution in [0.25, 0.3) is 11.0 Å². The number of nitrogens with zero attached hydrogens (tertiary/aromatic N) is 2. The van der Waals surface area contributed by atoms with Crippen molar-refractivity contribution in [3.05, 3.63) is 29.0 Å². The van der Waals surface area contributed by atoms with Gasteiger partial charge in [-0.05, 0) is 43.2 Å². The highest BCUT2D eigenvalue weighted by Gasteiger charge is 2.28. The zero-order valence-electron chi connectivity index (χ0n) is 11.9. The molecule has 1 aromatic carbocycles. The normalized spacial score (nSPS) is 27.1. The zero-order chi connectivity index (χ0) is 14.3. The fourth-order valence-electron chi connectivity index (χ4n) is 3.40. The summed E-state index contributed by atoms with van der Waals surface area (Å²) in [4.78, 5) is 4.66. The summed E-state index contributed by atoms with van der Waals surface area (Å²) in [5.41, 5.74) is 2.01. The molecule has 1 fully saturated rings. The van der Waals surface area contributed by atoms with E-state index in [1.165, 1.54) is 19.3 Å². The van der Waals surface area contributed by atoms with Crippen molar-refractivity contribution in [2.45, 2.75) is 45.0 Å². The Hall–Kier alpha value is -0.730. The van der Waals surface area contributed by atoms with Crippen molar-refractivity contribution in [3.63, 3.8) is 0 Å². The van der Waals surface area contributed by atoms with Gasteiger partial charge in [-0.3, -0.25) is 0 Å². The Bertz CT molecular complexity index is 620. The second-order valence-corrected chi connectivity index (χ2v) is 6.74. The van der Waals surface area contributed by atoms with Gasteiger partial charge in [-0.1, -0.05) is 31.5 Å². The van der Waals surface area contributed by atoms with Crippen molar-refractivity contribution in [2.75, 3.05) is 0 Å². The fourth-order valence-corrected chi connectivity index (χ4v) is 3.84. The molecule has 0 radical (unpaired) electrons. The van der Waals surface area contributed by atoms with Crippen molar-refractivity contribution in [1.82, 2.24) is 9.55 Å². The van der Waals surface area contributed by atoms with E-state index in [1.807, 2.05) is 18.2 Å². The quantitative estimate of drug-likeness (QED) is 0.677. The molecule has 0 amide bonds. The summed E-state index contributed by atoms with van der Waals surface area (Å²) < 4.78 is 2.30. The zero-order valence-corrected chi connectivity index (χ0v) is 13.5. The predicted molar refractivity (Wildman–Crippen MR) is 85.5 cm³/mol. The molecule has 3 atom stereocenters. The molecule has 0 aliphatic heterocycles. The fraction of sp³-hybridized carbons (Fsp3) is 0.562. The summed E-state index contributed by atoms with van der Waals surface area (Å²) in [6.45, 7) is 4.69. The first-order valence-electron chi connectivity index (χ1n) is 7.33. The van der Waals surface area contributed by atoms with Crippen LogP contribution in [0.3, 0.4) is 0 Å². The maximum atomic E-state index is 6.41. The van der Waals surface area contributed by atoms with Gasteiger partial charge in [0.05, 0.1) is 21.9 Å². The minimum atomic E-state index is 0.436. The van der Waals surface area contributed by atoms with E-state index in [4.69, 9.17) is 23.2 Å². The van der Waals surface area contributed by atoms with Gasteiger partial charge in [0, 0.05) is 6.04 Å². The Labute approximate surface area is 130 Å². The van der Waals surface area contributed by atoms with Crippen molar-refractivity contribution in [2.24, 2.45) is 11.8 Å². The summed E-state index contributed by atoms with van der Waals surface area (Å²) >= 11 is 12.5. The molecule has 1 heterocycles. The lowest BCUT2D eigenvalue weighted by molar-refractivity contribution is 0.211. The molecule has 2 nitrogen and oxygen atoms in total. The van der Waals surface area contributed by atoms with Crippen molar-refractivity contribution in [1.29, 1.82) is 0 Å². The van der Waals surface area contributed by atoms with Gasteiger partial charge >= 0.3 is 0 Å². The summed E-state index contributed by atoms with van der Waals surface area (Å²) in [5, 5.41) is 0.776. The van der Waals surface area contributed by atoms with E-state index in [0.29, 0.717) is 11.9 Å². The molecule has 0 bridgehead atoms. The smallest absolute Gasteiger partial charge is 0.125 e. The predicted octanol–water partition coefficient (Wildman–Crippen LogP) is 5.43. The maximum Gasteiger partial charge on any atom is 0.125 e. The average molecular weight is 311 g/mol. The van der Waals surface area contributed by atoms with Crippen LogP contribution in [0.15, 0.2) is 18.2 Å². The largest absolute Gasteiger partial charge is 0.323 e. The topological polar surface area (TPSA) is 17.8 Å². The number of aromatic nitrogens is 2. The van der Waals surface area contributed by atoms with Crippen LogP contribution >= 0.6 is 23.2 Å². The van der Waals surface area contributed by atoms with Gasteiger partial charge in [0.2, 0.25) is 0 Å². The average Bonchev–Trinajstić information content (AvgIpc) is 2.82. The van der Waals surface area contributed by atoms with Gasteiger partial charge in [-0.25, -0.2) is 4.98 Å². The van der Waals surface area contributed by atoms with E-state index in [-0.39, 0.29) is 0 Å². The number of halogens is 2. The highest BCUT2D eigenvalue weighted by atomic mass is 35.5. The number of imidazole rings is 1. The van der Waals surface area contributed by atoms with E-state index in [0.717, 1.165) is 33.7 Å². The first-order valence-corrected chi connectivity index (χ1v) is 8.24. The molecule has 108 valence electrons. The highest BCUT2D eigenvalue weighted by Crippen LogP contribution is 2.39. The maximum absolute atomic E-state index is 6.41. The van der Waals surface area contributed by atoms with Crippen LogP contribution in [-0.4, -0.2) is 9.55 Å². The van der Waals surface area contributed by atoms with Crippen LogP contribution in [0.4, 0.5) is 0 Å². The van der Waals surface area contributed by atoms with Gasteiger partial charge < -0.3 is 4.57 Å². The Kier molecular flexibility index (Phi) is 3.96. The lowest BCUT2D eigenvalue weighted by atomic mass is 9.79. The molecule has 3 rings (SSSR count). The van der Waals surface area contributed by atoms with E-state index >= 15 is 0 Å². The van der Waals surface area contributed by atoms with Crippen LogP contribution in [-0.2, 0) is 5.88 Å². The Balaban J connectivity index is 2.10. The number of hydrogen-bond acceptors (Lipinski definition) is 1. The molecular weight excluding hydrogens is 291 g/mol. The molecule has 3 unspecified atom stereocenters. The van der Waals surface area contributed by atoms with E-state index in [1.54, 1.807) is 0 Å². The van der Waals surface area contributed by atoms with Crippen LogP contribution in [0.2, 0.25) is 5.02 Å². The molecule has 2 aromatic rings. The molecule has 0 N–H and O–H groups in total. The summed E-state index contributed by atoms with van der Waals surface area (Å²) in [5.74, 6) is 2.92. The molecule has 1 saturated carbocycles. The minimum Gasteiger partial charge on any atom is -0.323 e. The standard InChI is InChI=1S/C16H20Cl2N2/c1-10-6-7-12(8-11(10)2)20-15(9-17)19-14-5-3-4-13(18)16(14)20/h3-5,10-12H,6-9H2,1-2H3. The van der Waals surface area contributed by atoms with Gasteiger partial charge in [0.1, 0.15) is 5.82 Å². The van der Waals surface area contributed by atoms with Crippen LogP contribution in [0.1, 0.15) is 45.0 Å².